The van der Waals surface area contributed by atoms with Gasteiger partial charge in [-0.25, -0.2) is 0 Å². The number of rotatable bonds is 1. The third kappa shape index (κ3) is 1.64. The van der Waals surface area contributed by atoms with Crippen LogP contribution in [-0.4, -0.2) is 32.4 Å². The highest BCUT2D eigenvalue weighted by atomic mass is 16.5. The molecule has 0 bridgehead atoms. The van der Waals surface area contributed by atoms with Crippen molar-refractivity contribution in [2.45, 2.75) is 31.8 Å². The number of ether oxygens (including phenoxy) is 2. The lowest BCUT2D eigenvalue weighted by Crippen LogP contribution is -2.31. The van der Waals surface area contributed by atoms with Gasteiger partial charge < -0.3 is 14.8 Å². The van der Waals surface area contributed by atoms with Crippen LogP contribution in [0.3, 0.4) is 0 Å². The molecule has 4 rings (SSSR count). The van der Waals surface area contributed by atoms with E-state index in [2.05, 4.69) is 11.7 Å². The second-order valence-corrected chi connectivity index (χ2v) is 5.62. The first kappa shape index (κ1) is 11.1. The summed E-state index contributed by atoms with van der Waals surface area (Å²) in [6.45, 7) is 4.01. The molecule has 4 aliphatic rings. The predicted molar refractivity (Wildman–Crippen MR) is 71.0 cm³/mol. The fraction of sp³-hybridized carbons (Fsp3) is 0.667. The molecule has 3 heteroatoms. The van der Waals surface area contributed by atoms with E-state index in [1.54, 1.807) is 0 Å². The van der Waals surface area contributed by atoms with Crippen LogP contribution in [0.15, 0.2) is 22.5 Å². The summed E-state index contributed by atoms with van der Waals surface area (Å²) in [6, 6.07) is 0. The van der Waals surface area contributed by atoms with Crippen molar-refractivity contribution in [3.63, 3.8) is 0 Å². The first-order chi connectivity index (χ1) is 8.93. The number of nitrogens with one attached hydrogen (secondary N) is 1. The van der Waals surface area contributed by atoms with Crippen LogP contribution in [0, 0.1) is 12.3 Å². The van der Waals surface area contributed by atoms with Crippen LogP contribution in [0.2, 0.25) is 0 Å². The number of hydrogen-bond donors (Lipinski definition) is 1. The van der Waals surface area contributed by atoms with Crippen molar-refractivity contribution in [1.29, 1.82) is 0 Å². The Morgan fingerprint density at radius 3 is 2.94 bits per heavy atom. The van der Waals surface area contributed by atoms with Gasteiger partial charge in [-0.2, -0.15) is 0 Å². The SMILES string of the molecule is [CH]1C2=C(OCC2)C(C2CCNCC2)=C2CCOC12.[HH]. The van der Waals surface area contributed by atoms with Crippen LogP contribution in [0.5, 0.6) is 0 Å². The van der Waals surface area contributed by atoms with Gasteiger partial charge >= 0.3 is 0 Å². The van der Waals surface area contributed by atoms with Gasteiger partial charge in [-0.3, -0.25) is 0 Å². The van der Waals surface area contributed by atoms with E-state index in [0.717, 1.165) is 39.1 Å². The van der Waals surface area contributed by atoms with Gasteiger partial charge in [0, 0.05) is 14.3 Å². The molecule has 1 radical (unpaired) electrons. The zero-order chi connectivity index (χ0) is 11.9. The molecule has 0 aromatic heterocycles. The maximum atomic E-state index is 5.95. The number of fused-ring (bicyclic) bond motifs is 1. The average molecular weight is 248 g/mol. The first-order valence-corrected chi connectivity index (χ1v) is 7.20. The standard InChI is InChI=1S/C15H20NO2.H2/c1-5-16-6-2-10(1)14-12-4-8-17-13(12)9-11-3-7-18-15(11)14;/h9-10,13,16H,1-8H2;1H. The summed E-state index contributed by atoms with van der Waals surface area (Å²) in [5.41, 5.74) is 4.44. The van der Waals surface area contributed by atoms with Gasteiger partial charge in [0.05, 0.1) is 19.3 Å². The van der Waals surface area contributed by atoms with Crippen molar-refractivity contribution in [2.75, 3.05) is 26.3 Å². The van der Waals surface area contributed by atoms with Crippen LogP contribution in [-0.2, 0) is 9.47 Å². The minimum atomic E-state index is 0. The van der Waals surface area contributed by atoms with Gasteiger partial charge in [0.1, 0.15) is 5.76 Å². The van der Waals surface area contributed by atoms with Crippen molar-refractivity contribution in [3.05, 3.63) is 28.9 Å². The molecule has 1 aliphatic carbocycles. The zero-order valence-corrected chi connectivity index (χ0v) is 10.7. The minimum absolute atomic E-state index is 0. The molecule has 0 amide bonds. The highest BCUT2D eigenvalue weighted by molar-refractivity contribution is 5.50. The van der Waals surface area contributed by atoms with Gasteiger partial charge in [-0.15, -0.1) is 0 Å². The number of piperidine rings is 1. The molecule has 3 heterocycles. The monoisotopic (exact) mass is 248 g/mol. The van der Waals surface area contributed by atoms with E-state index in [0.29, 0.717) is 5.92 Å². The summed E-state index contributed by atoms with van der Waals surface area (Å²) >= 11 is 0. The van der Waals surface area contributed by atoms with E-state index < -0.39 is 0 Å². The minimum Gasteiger partial charge on any atom is -0.493 e. The molecule has 0 saturated carbocycles. The summed E-state index contributed by atoms with van der Waals surface area (Å²) in [7, 11) is 0. The highest BCUT2D eigenvalue weighted by Crippen LogP contribution is 2.45. The average Bonchev–Trinajstić information content (AvgIpc) is 3.04. The molecule has 99 valence electrons. The molecular formula is C15H22NO2. The summed E-state index contributed by atoms with van der Waals surface area (Å²) in [5, 5.41) is 3.45. The fourth-order valence-electron chi connectivity index (χ4n) is 3.74. The van der Waals surface area contributed by atoms with Crippen LogP contribution in [0.1, 0.15) is 27.1 Å². The second-order valence-electron chi connectivity index (χ2n) is 5.62. The summed E-state index contributed by atoms with van der Waals surface area (Å²) in [6.07, 6.45) is 7.21. The molecule has 2 saturated heterocycles. The van der Waals surface area contributed by atoms with Crippen molar-refractivity contribution in [1.82, 2.24) is 5.32 Å². The molecule has 3 nitrogen and oxygen atoms in total. The van der Waals surface area contributed by atoms with E-state index in [-0.39, 0.29) is 7.53 Å². The Hall–Kier alpha value is -0.800. The van der Waals surface area contributed by atoms with Crippen LogP contribution in [0.4, 0.5) is 0 Å². The summed E-state index contributed by atoms with van der Waals surface area (Å²) in [5.74, 6) is 1.90. The van der Waals surface area contributed by atoms with Crippen molar-refractivity contribution in [3.8, 4) is 0 Å². The molecule has 0 spiro atoms. The Morgan fingerprint density at radius 1 is 1.17 bits per heavy atom. The lowest BCUT2D eigenvalue weighted by Gasteiger charge is -2.31. The normalized spacial score (nSPS) is 32.6. The molecule has 2 fully saturated rings. The molecule has 18 heavy (non-hydrogen) atoms. The van der Waals surface area contributed by atoms with Gasteiger partial charge in [0.15, 0.2) is 0 Å². The number of allylic oxidation sites excluding steroid dienone is 1. The Morgan fingerprint density at radius 2 is 2.06 bits per heavy atom. The van der Waals surface area contributed by atoms with Gasteiger partial charge in [0.2, 0.25) is 0 Å². The van der Waals surface area contributed by atoms with E-state index in [1.807, 2.05) is 0 Å². The van der Waals surface area contributed by atoms with Crippen molar-refractivity contribution < 1.29 is 10.9 Å². The molecule has 3 aliphatic heterocycles. The van der Waals surface area contributed by atoms with Crippen molar-refractivity contribution in [2.24, 2.45) is 5.92 Å². The van der Waals surface area contributed by atoms with Gasteiger partial charge in [-0.1, -0.05) is 0 Å². The smallest absolute Gasteiger partial charge is 0.122 e. The Balaban J connectivity index is 0.00000110. The zero-order valence-electron chi connectivity index (χ0n) is 10.7. The topological polar surface area (TPSA) is 30.5 Å². The third-order valence-electron chi connectivity index (χ3n) is 4.61. The van der Waals surface area contributed by atoms with E-state index >= 15 is 0 Å². The van der Waals surface area contributed by atoms with E-state index in [1.165, 1.54) is 35.3 Å². The Labute approximate surface area is 110 Å². The summed E-state index contributed by atoms with van der Waals surface area (Å²) in [4.78, 5) is 0. The molecule has 0 aromatic rings. The van der Waals surface area contributed by atoms with E-state index in [9.17, 15) is 0 Å². The lowest BCUT2D eigenvalue weighted by molar-refractivity contribution is 0.145. The predicted octanol–water partition coefficient (Wildman–Crippen LogP) is 2.21. The summed E-state index contributed by atoms with van der Waals surface area (Å²) < 4.78 is 11.8. The number of hydrogen-bond acceptors (Lipinski definition) is 3. The van der Waals surface area contributed by atoms with E-state index in [4.69, 9.17) is 9.47 Å². The van der Waals surface area contributed by atoms with Gasteiger partial charge in [0.25, 0.3) is 0 Å². The quantitative estimate of drug-likeness (QED) is 0.772. The first-order valence-electron chi connectivity index (χ1n) is 7.20. The Kier molecular flexibility index (Phi) is 2.70. The third-order valence-corrected chi connectivity index (χ3v) is 4.61. The molecule has 1 unspecified atom stereocenters. The van der Waals surface area contributed by atoms with Crippen LogP contribution < -0.4 is 5.32 Å². The van der Waals surface area contributed by atoms with Crippen LogP contribution >= 0.6 is 0 Å². The maximum absolute atomic E-state index is 5.95. The van der Waals surface area contributed by atoms with Gasteiger partial charge in [-0.05, 0) is 55.0 Å². The largest absolute Gasteiger partial charge is 0.493 e. The highest BCUT2D eigenvalue weighted by Gasteiger charge is 2.39. The fourth-order valence-corrected chi connectivity index (χ4v) is 3.74. The molecule has 1 N–H and O–H groups in total. The molecule has 0 aromatic carbocycles. The van der Waals surface area contributed by atoms with Crippen molar-refractivity contribution >= 4 is 0 Å². The second kappa shape index (κ2) is 4.39. The molecule has 1 atom stereocenters. The Bertz CT molecular complexity index is 424. The maximum Gasteiger partial charge on any atom is 0.122 e. The molecular weight excluding hydrogens is 226 g/mol. The van der Waals surface area contributed by atoms with Crippen LogP contribution in [0.25, 0.3) is 0 Å². The lowest BCUT2D eigenvalue weighted by atomic mass is 9.78.